The molecule has 1 N–H and O–H groups in total. The molecule has 6 nitrogen and oxygen atoms in total. The Morgan fingerprint density at radius 1 is 1.12 bits per heavy atom. The van der Waals surface area contributed by atoms with Gasteiger partial charge in [0.15, 0.2) is 0 Å². The zero-order valence-corrected chi connectivity index (χ0v) is 19.4. The number of carbonyl (C=O) groups excluding carboxylic acids is 2. The molecule has 1 atom stereocenters. The van der Waals surface area contributed by atoms with Crippen molar-refractivity contribution in [2.45, 2.75) is 70.9 Å². The summed E-state index contributed by atoms with van der Waals surface area (Å²) < 4.78 is 11.4. The van der Waals surface area contributed by atoms with Crippen molar-refractivity contribution in [2.75, 3.05) is 7.11 Å². The van der Waals surface area contributed by atoms with Crippen LogP contribution in [0.4, 0.5) is 0 Å². The van der Waals surface area contributed by atoms with Crippen molar-refractivity contribution >= 4 is 17.4 Å². The molecular formula is C26H31NO5. The van der Waals surface area contributed by atoms with Gasteiger partial charge in [0.25, 0.3) is 11.7 Å². The van der Waals surface area contributed by atoms with Gasteiger partial charge in [-0.2, -0.15) is 0 Å². The number of hydrogen-bond donors (Lipinski definition) is 1. The summed E-state index contributed by atoms with van der Waals surface area (Å²) in [7, 11) is 1.61. The van der Waals surface area contributed by atoms with Crippen LogP contribution in [0.3, 0.4) is 0 Å². The van der Waals surface area contributed by atoms with Crippen molar-refractivity contribution in [3.63, 3.8) is 0 Å². The van der Waals surface area contributed by atoms with Crippen LogP contribution in [-0.2, 0) is 15.0 Å². The topological polar surface area (TPSA) is 80.0 Å². The number of ketones is 1. The number of aliphatic hydroxyl groups is 1. The minimum Gasteiger partial charge on any atom is -0.507 e. The van der Waals surface area contributed by atoms with Crippen LogP contribution in [-0.4, -0.2) is 34.8 Å². The second-order valence-electron chi connectivity index (χ2n) is 9.76. The summed E-state index contributed by atoms with van der Waals surface area (Å²) in [6, 6.07) is 8.18. The second kappa shape index (κ2) is 8.15. The highest BCUT2D eigenvalue weighted by Gasteiger charge is 2.50. The van der Waals surface area contributed by atoms with Crippen LogP contribution >= 0.6 is 0 Å². The molecule has 4 rings (SSSR count). The number of Topliss-reactive ketones (excluding diaryl/α,β-unsaturated/α-hetero) is 1. The van der Waals surface area contributed by atoms with E-state index in [1.54, 1.807) is 30.2 Å². The van der Waals surface area contributed by atoms with Crippen molar-refractivity contribution in [1.82, 2.24) is 4.90 Å². The number of amides is 1. The highest BCUT2D eigenvalue weighted by molar-refractivity contribution is 6.46. The lowest BCUT2D eigenvalue weighted by atomic mass is 9.84. The van der Waals surface area contributed by atoms with Crippen molar-refractivity contribution < 1.29 is 23.8 Å². The molecule has 32 heavy (non-hydrogen) atoms. The fraction of sp³-hybridized carbons (Fsp3) is 0.462. The van der Waals surface area contributed by atoms with E-state index in [-0.39, 0.29) is 22.8 Å². The molecule has 0 bridgehead atoms. The van der Waals surface area contributed by atoms with Crippen LogP contribution in [0.5, 0.6) is 5.75 Å². The monoisotopic (exact) mass is 437 g/mol. The molecule has 1 amide bonds. The van der Waals surface area contributed by atoms with Gasteiger partial charge in [-0.15, -0.1) is 0 Å². The summed E-state index contributed by atoms with van der Waals surface area (Å²) in [4.78, 5) is 28.0. The molecule has 1 unspecified atom stereocenters. The average molecular weight is 438 g/mol. The van der Waals surface area contributed by atoms with Gasteiger partial charge in [-0.3, -0.25) is 9.59 Å². The number of furan rings is 1. The number of hydrogen-bond acceptors (Lipinski definition) is 5. The molecule has 170 valence electrons. The third-order valence-corrected chi connectivity index (χ3v) is 6.51. The lowest BCUT2D eigenvalue weighted by Gasteiger charge is -2.29. The zero-order valence-electron chi connectivity index (χ0n) is 19.4. The quantitative estimate of drug-likeness (QED) is 0.401. The van der Waals surface area contributed by atoms with E-state index in [4.69, 9.17) is 9.15 Å². The van der Waals surface area contributed by atoms with Crippen LogP contribution in [0, 0.1) is 6.92 Å². The highest BCUT2D eigenvalue weighted by Crippen LogP contribution is 2.44. The van der Waals surface area contributed by atoms with Crippen LogP contribution in [0.15, 0.2) is 40.3 Å². The molecule has 1 aromatic carbocycles. The Bertz CT molecular complexity index is 1080. The number of likely N-dealkylation sites (tertiary alicyclic amines) is 1. The van der Waals surface area contributed by atoms with Crippen LogP contribution < -0.4 is 4.74 Å². The maximum absolute atomic E-state index is 13.2. The standard InChI is InChI=1S/C26H31NO5/c1-15-10-12-20(32-15)22-21(24(29)25(30)27(22)17-8-6-7-9-17)23(28)16-11-13-19(31-5)18(14-16)26(2,3)4/h10-14,17,22,28H,6-9H2,1-5H3/b23-21-. The summed E-state index contributed by atoms with van der Waals surface area (Å²) in [5, 5.41) is 11.4. The molecule has 2 aromatic rings. The van der Waals surface area contributed by atoms with Gasteiger partial charge in [0.05, 0.1) is 12.7 Å². The number of ether oxygens (including phenoxy) is 1. The lowest BCUT2D eigenvalue weighted by Crippen LogP contribution is -2.37. The van der Waals surface area contributed by atoms with Gasteiger partial charge >= 0.3 is 0 Å². The number of aryl methyl sites for hydroxylation is 1. The Kier molecular flexibility index (Phi) is 5.65. The first-order chi connectivity index (χ1) is 15.1. The molecule has 1 saturated heterocycles. The van der Waals surface area contributed by atoms with Gasteiger partial charge in [-0.25, -0.2) is 0 Å². The van der Waals surface area contributed by atoms with E-state index < -0.39 is 17.7 Å². The Hall–Kier alpha value is -3.02. The second-order valence-corrected chi connectivity index (χ2v) is 9.76. The summed E-state index contributed by atoms with van der Waals surface area (Å²) in [6.45, 7) is 7.99. The minimum atomic E-state index is -0.730. The van der Waals surface area contributed by atoms with E-state index in [0.717, 1.165) is 31.2 Å². The number of rotatable bonds is 4. The predicted octanol–water partition coefficient (Wildman–Crippen LogP) is 5.26. The number of methoxy groups -OCH3 is 1. The van der Waals surface area contributed by atoms with Gasteiger partial charge in [0.1, 0.15) is 29.1 Å². The molecule has 2 aliphatic rings. The zero-order chi connectivity index (χ0) is 23.2. The van der Waals surface area contributed by atoms with Crippen molar-refractivity contribution in [2.24, 2.45) is 0 Å². The average Bonchev–Trinajstić information content (AvgIpc) is 3.47. The lowest BCUT2D eigenvalue weighted by molar-refractivity contribution is -0.141. The van der Waals surface area contributed by atoms with E-state index in [1.165, 1.54) is 0 Å². The van der Waals surface area contributed by atoms with Gasteiger partial charge in [-0.1, -0.05) is 33.6 Å². The highest BCUT2D eigenvalue weighted by atomic mass is 16.5. The number of nitrogens with zero attached hydrogens (tertiary/aromatic N) is 1. The fourth-order valence-electron chi connectivity index (χ4n) is 4.89. The van der Waals surface area contributed by atoms with Gasteiger partial charge in [0, 0.05) is 17.2 Å². The summed E-state index contributed by atoms with van der Waals surface area (Å²) in [5.74, 6) is 0.481. The fourth-order valence-corrected chi connectivity index (χ4v) is 4.89. The number of aliphatic hydroxyl groups excluding tert-OH is 1. The maximum atomic E-state index is 13.2. The van der Waals surface area contributed by atoms with E-state index in [1.807, 2.05) is 19.1 Å². The van der Waals surface area contributed by atoms with Crippen LogP contribution in [0.25, 0.3) is 5.76 Å². The molecule has 2 heterocycles. The minimum absolute atomic E-state index is 0.0341. The maximum Gasteiger partial charge on any atom is 0.296 e. The molecule has 1 aliphatic carbocycles. The van der Waals surface area contributed by atoms with Gasteiger partial charge in [0.2, 0.25) is 0 Å². The number of carbonyl (C=O) groups is 2. The third-order valence-electron chi connectivity index (χ3n) is 6.51. The normalized spacial score (nSPS) is 21.5. The first-order valence-electron chi connectivity index (χ1n) is 11.2. The Morgan fingerprint density at radius 3 is 2.38 bits per heavy atom. The van der Waals surface area contributed by atoms with Crippen LogP contribution in [0.2, 0.25) is 0 Å². The molecule has 1 aliphatic heterocycles. The van der Waals surface area contributed by atoms with Crippen molar-refractivity contribution in [3.8, 4) is 5.75 Å². The van der Waals surface area contributed by atoms with E-state index >= 15 is 0 Å². The van der Waals surface area contributed by atoms with E-state index in [9.17, 15) is 14.7 Å². The first kappa shape index (κ1) is 22.2. The molecular weight excluding hydrogens is 406 g/mol. The molecule has 6 heteroatoms. The largest absolute Gasteiger partial charge is 0.507 e. The predicted molar refractivity (Wildman–Crippen MR) is 122 cm³/mol. The summed E-state index contributed by atoms with van der Waals surface area (Å²) in [5.41, 5.74) is 1.23. The first-order valence-corrected chi connectivity index (χ1v) is 11.2. The molecule has 2 fully saturated rings. The Labute approximate surface area is 188 Å². The summed E-state index contributed by atoms with van der Waals surface area (Å²) >= 11 is 0. The third kappa shape index (κ3) is 3.72. The van der Waals surface area contributed by atoms with E-state index in [2.05, 4.69) is 20.8 Å². The van der Waals surface area contributed by atoms with Gasteiger partial charge in [-0.05, 0) is 55.5 Å². The van der Waals surface area contributed by atoms with Crippen LogP contribution in [0.1, 0.15) is 75.1 Å². The van der Waals surface area contributed by atoms with Crippen molar-refractivity contribution in [1.29, 1.82) is 0 Å². The summed E-state index contributed by atoms with van der Waals surface area (Å²) in [6.07, 6.45) is 3.73. The molecule has 1 aromatic heterocycles. The number of benzene rings is 1. The van der Waals surface area contributed by atoms with Gasteiger partial charge < -0.3 is 19.2 Å². The Morgan fingerprint density at radius 2 is 1.81 bits per heavy atom. The van der Waals surface area contributed by atoms with E-state index in [0.29, 0.717) is 22.8 Å². The SMILES string of the molecule is COc1ccc(/C(O)=C2/C(=O)C(=O)N(C3CCCC3)C2c2ccc(C)o2)cc1C(C)(C)C. The van der Waals surface area contributed by atoms with Crippen molar-refractivity contribution in [3.05, 3.63) is 58.6 Å². The Balaban J connectivity index is 1.89. The molecule has 0 spiro atoms. The smallest absolute Gasteiger partial charge is 0.296 e. The molecule has 1 saturated carbocycles. The molecule has 0 radical (unpaired) electrons.